The number of carbonyl (C=O) groups excluding carboxylic acids is 1. The molecule has 0 saturated carbocycles. The first-order chi connectivity index (χ1) is 12.1. The zero-order chi connectivity index (χ0) is 18.1. The topological polar surface area (TPSA) is 50.7 Å². The summed E-state index contributed by atoms with van der Waals surface area (Å²) in [5.74, 6) is 0.663. The maximum Gasteiger partial charge on any atom is 0.240 e. The van der Waals surface area contributed by atoms with Gasteiger partial charge in [0.05, 0.1) is 12.8 Å². The Hall–Kier alpha value is -2.33. The predicted molar refractivity (Wildman–Crippen MR) is 102 cm³/mol. The number of halogens is 1. The monoisotopic (exact) mass is 358 g/mol. The third kappa shape index (κ3) is 6.59. The van der Waals surface area contributed by atoms with Crippen molar-refractivity contribution in [3.05, 3.63) is 64.2 Å². The van der Waals surface area contributed by atoms with Gasteiger partial charge in [-0.3, -0.25) is 4.79 Å². The minimum Gasteiger partial charge on any atom is -0.493 e. The van der Waals surface area contributed by atoms with Gasteiger partial charge in [-0.1, -0.05) is 42.8 Å². The molecule has 2 aromatic carbocycles. The van der Waals surface area contributed by atoms with Crippen LogP contribution in [0.3, 0.4) is 0 Å². The van der Waals surface area contributed by atoms with Gasteiger partial charge in [0, 0.05) is 11.4 Å². The van der Waals surface area contributed by atoms with Crippen LogP contribution >= 0.6 is 11.6 Å². The van der Waals surface area contributed by atoms with E-state index >= 15 is 0 Å². The van der Waals surface area contributed by atoms with Crippen LogP contribution in [0.2, 0.25) is 5.02 Å². The lowest BCUT2D eigenvalue weighted by molar-refractivity contribution is -0.121. The molecule has 1 amide bonds. The fraction of sp³-hybridized carbons (Fsp3) is 0.300. The van der Waals surface area contributed by atoms with Gasteiger partial charge < -0.3 is 4.74 Å². The smallest absolute Gasteiger partial charge is 0.240 e. The Kier molecular flexibility index (Phi) is 7.48. The average Bonchev–Trinajstić information content (AvgIpc) is 2.61. The highest BCUT2D eigenvalue weighted by Gasteiger charge is 2.02. The second kappa shape index (κ2) is 9.84. The molecular formula is C20H23ClN2O2. The molecule has 0 radical (unpaired) electrons. The number of ether oxygens (including phenoxy) is 1. The Morgan fingerprint density at radius 1 is 1.24 bits per heavy atom. The van der Waals surface area contributed by atoms with Crippen molar-refractivity contribution in [2.24, 2.45) is 5.10 Å². The van der Waals surface area contributed by atoms with Gasteiger partial charge in [-0.25, -0.2) is 5.43 Å². The van der Waals surface area contributed by atoms with Gasteiger partial charge in [0.2, 0.25) is 5.91 Å². The molecule has 25 heavy (non-hydrogen) atoms. The molecule has 2 aromatic rings. The van der Waals surface area contributed by atoms with Gasteiger partial charge in [-0.15, -0.1) is 0 Å². The molecule has 2 rings (SSSR count). The molecule has 0 aromatic heterocycles. The van der Waals surface area contributed by atoms with E-state index in [1.165, 1.54) is 5.56 Å². The molecule has 0 spiro atoms. The van der Waals surface area contributed by atoms with Crippen LogP contribution in [0.15, 0.2) is 47.6 Å². The minimum absolute atomic E-state index is 0.127. The van der Waals surface area contributed by atoms with Crippen molar-refractivity contribution in [3.63, 3.8) is 0 Å². The van der Waals surface area contributed by atoms with E-state index in [1.54, 1.807) is 12.3 Å². The van der Waals surface area contributed by atoms with Crippen molar-refractivity contribution in [3.8, 4) is 5.75 Å². The molecule has 0 bridgehead atoms. The Morgan fingerprint density at radius 2 is 2.00 bits per heavy atom. The van der Waals surface area contributed by atoms with Gasteiger partial charge in [0.15, 0.2) is 0 Å². The Balaban J connectivity index is 1.67. The number of rotatable bonds is 8. The minimum atomic E-state index is -0.127. The second-order valence-corrected chi connectivity index (χ2v) is 6.19. The number of benzene rings is 2. The summed E-state index contributed by atoms with van der Waals surface area (Å²) in [6.45, 7) is 4.52. The quantitative estimate of drug-likeness (QED) is 0.428. The lowest BCUT2D eigenvalue weighted by Gasteiger charge is -2.08. The number of aryl methyl sites for hydroxylation is 2. The van der Waals surface area contributed by atoms with Gasteiger partial charge in [0.25, 0.3) is 0 Å². The summed E-state index contributed by atoms with van der Waals surface area (Å²) in [5.41, 5.74) is 5.75. The molecule has 0 aliphatic heterocycles. The van der Waals surface area contributed by atoms with Crippen LogP contribution in [-0.2, 0) is 11.2 Å². The van der Waals surface area contributed by atoms with Gasteiger partial charge in [0.1, 0.15) is 5.75 Å². The van der Waals surface area contributed by atoms with Crippen molar-refractivity contribution in [1.82, 2.24) is 5.43 Å². The van der Waals surface area contributed by atoms with Gasteiger partial charge in [-0.2, -0.15) is 5.10 Å². The van der Waals surface area contributed by atoms with Crippen molar-refractivity contribution in [2.75, 3.05) is 6.61 Å². The number of hydrazone groups is 1. The van der Waals surface area contributed by atoms with E-state index in [9.17, 15) is 4.79 Å². The molecule has 0 atom stereocenters. The number of nitrogens with one attached hydrogen (secondary N) is 1. The van der Waals surface area contributed by atoms with E-state index in [0.29, 0.717) is 24.5 Å². The average molecular weight is 359 g/mol. The highest BCUT2D eigenvalue weighted by atomic mass is 35.5. The van der Waals surface area contributed by atoms with E-state index in [4.69, 9.17) is 16.3 Å². The first-order valence-corrected chi connectivity index (χ1v) is 8.76. The SMILES string of the molecule is CCc1ccc(/C=N/NC(=O)CCCOc2ccc(Cl)cc2C)cc1. The number of amides is 1. The number of hydrogen-bond donors (Lipinski definition) is 1. The summed E-state index contributed by atoms with van der Waals surface area (Å²) in [6, 6.07) is 13.6. The zero-order valence-electron chi connectivity index (χ0n) is 14.6. The third-order valence-corrected chi connectivity index (χ3v) is 3.97. The van der Waals surface area contributed by atoms with Crippen LogP contribution in [0, 0.1) is 6.92 Å². The van der Waals surface area contributed by atoms with Crippen molar-refractivity contribution in [2.45, 2.75) is 33.1 Å². The Morgan fingerprint density at radius 3 is 2.68 bits per heavy atom. The van der Waals surface area contributed by atoms with Crippen LogP contribution in [-0.4, -0.2) is 18.7 Å². The maximum absolute atomic E-state index is 11.8. The first-order valence-electron chi connectivity index (χ1n) is 8.38. The van der Waals surface area contributed by atoms with Gasteiger partial charge in [-0.05, 0) is 54.7 Å². The van der Waals surface area contributed by atoms with Crippen LogP contribution in [0.1, 0.15) is 36.5 Å². The molecule has 0 unspecified atom stereocenters. The normalized spacial score (nSPS) is 10.8. The fourth-order valence-electron chi connectivity index (χ4n) is 2.26. The van der Waals surface area contributed by atoms with Crippen molar-refractivity contribution >= 4 is 23.7 Å². The van der Waals surface area contributed by atoms with E-state index in [0.717, 1.165) is 23.3 Å². The molecule has 5 heteroatoms. The lowest BCUT2D eigenvalue weighted by atomic mass is 10.1. The Bertz CT molecular complexity index is 727. The largest absolute Gasteiger partial charge is 0.493 e. The van der Waals surface area contributed by atoms with Crippen LogP contribution < -0.4 is 10.2 Å². The number of hydrogen-bond acceptors (Lipinski definition) is 3. The highest BCUT2D eigenvalue weighted by Crippen LogP contribution is 2.21. The summed E-state index contributed by atoms with van der Waals surface area (Å²) in [7, 11) is 0. The number of nitrogens with zero attached hydrogens (tertiary/aromatic N) is 1. The fourth-order valence-corrected chi connectivity index (χ4v) is 2.49. The third-order valence-electron chi connectivity index (χ3n) is 3.73. The second-order valence-electron chi connectivity index (χ2n) is 5.75. The first kappa shape index (κ1) is 19.0. The molecule has 0 fully saturated rings. The lowest BCUT2D eigenvalue weighted by Crippen LogP contribution is -2.18. The predicted octanol–water partition coefficient (Wildman–Crippen LogP) is 4.52. The summed E-state index contributed by atoms with van der Waals surface area (Å²) in [6.07, 6.45) is 3.63. The zero-order valence-corrected chi connectivity index (χ0v) is 15.3. The molecule has 132 valence electrons. The van der Waals surface area contributed by atoms with E-state index in [1.807, 2.05) is 31.2 Å². The van der Waals surface area contributed by atoms with Crippen LogP contribution in [0.5, 0.6) is 5.75 Å². The summed E-state index contributed by atoms with van der Waals surface area (Å²) >= 11 is 5.91. The Labute approximate surface area is 153 Å². The molecule has 4 nitrogen and oxygen atoms in total. The highest BCUT2D eigenvalue weighted by molar-refractivity contribution is 6.30. The maximum atomic E-state index is 11.8. The molecule has 0 aliphatic rings. The van der Waals surface area contributed by atoms with E-state index < -0.39 is 0 Å². The standard InChI is InChI=1S/C20H23ClN2O2/c1-3-16-6-8-17(9-7-16)14-22-23-20(24)5-4-12-25-19-11-10-18(21)13-15(19)2/h6-11,13-14H,3-5,12H2,1-2H3,(H,23,24)/b22-14+. The molecular weight excluding hydrogens is 336 g/mol. The van der Waals surface area contributed by atoms with Crippen molar-refractivity contribution in [1.29, 1.82) is 0 Å². The summed E-state index contributed by atoms with van der Waals surface area (Å²) in [4.78, 5) is 11.8. The van der Waals surface area contributed by atoms with Crippen molar-refractivity contribution < 1.29 is 9.53 Å². The molecule has 0 heterocycles. The summed E-state index contributed by atoms with van der Waals surface area (Å²) in [5, 5.41) is 4.66. The molecule has 0 saturated heterocycles. The molecule has 0 aliphatic carbocycles. The van der Waals surface area contributed by atoms with Crippen LogP contribution in [0.4, 0.5) is 0 Å². The number of carbonyl (C=O) groups is 1. The van der Waals surface area contributed by atoms with Gasteiger partial charge >= 0.3 is 0 Å². The summed E-state index contributed by atoms with van der Waals surface area (Å²) < 4.78 is 5.66. The van der Waals surface area contributed by atoms with E-state index in [2.05, 4.69) is 29.6 Å². The van der Waals surface area contributed by atoms with Crippen LogP contribution in [0.25, 0.3) is 0 Å². The van der Waals surface area contributed by atoms with E-state index in [-0.39, 0.29) is 5.91 Å². The molecule has 1 N–H and O–H groups in total.